The van der Waals surface area contributed by atoms with Crippen LogP contribution in [0.15, 0.2) is 53.7 Å². The van der Waals surface area contributed by atoms with E-state index in [1.165, 1.54) is 7.11 Å². The summed E-state index contributed by atoms with van der Waals surface area (Å²) in [5, 5.41) is 10.2. The van der Waals surface area contributed by atoms with Crippen molar-refractivity contribution >= 4 is 29.3 Å². The third-order valence-electron chi connectivity index (χ3n) is 4.28. The fraction of sp³-hybridized carbons (Fsp3) is 0.286. The van der Waals surface area contributed by atoms with Crippen molar-refractivity contribution in [1.82, 2.24) is 14.8 Å². The molecule has 0 aliphatic carbocycles. The summed E-state index contributed by atoms with van der Waals surface area (Å²) in [6.07, 6.45) is 0.831. The summed E-state index contributed by atoms with van der Waals surface area (Å²) >= 11 is 7.94. The van der Waals surface area contributed by atoms with Crippen LogP contribution < -0.4 is 0 Å². The highest BCUT2D eigenvalue weighted by molar-refractivity contribution is 7.98. The Morgan fingerprint density at radius 3 is 2.72 bits per heavy atom. The smallest absolute Gasteiger partial charge is 0.337 e. The van der Waals surface area contributed by atoms with E-state index in [1.54, 1.807) is 24.9 Å². The molecule has 0 bridgehead atoms. The Kier molecular flexibility index (Phi) is 7.69. The van der Waals surface area contributed by atoms with E-state index >= 15 is 0 Å². The molecule has 3 aromatic rings. The fourth-order valence-corrected chi connectivity index (χ4v) is 3.99. The van der Waals surface area contributed by atoms with Crippen molar-refractivity contribution in [1.29, 1.82) is 0 Å². The SMILES string of the molecule is COCCCn1c(SCc2cccc(C(=O)OC)c2)nnc1-c1ccccc1Cl. The molecule has 0 saturated carbocycles. The lowest BCUT2D eigenvalue weighted by Gasteiger charge is -2.11. The van der Waals surface area contributed by atoms with Gasteiger partial charge in [0.25, 0.3) is 0 Å². The number of thioether (sulfide) groups is 1. The van der Waals surface area contributed by atoms with Crippen molar-refractivity contribution in [3.05, 3.63) is 64.7 Å². The number of carbonyl (C=O) groups excluding carboxylic acids is 1. The van der Waals surface area contributed by atoms with E-state index in [0.29, 0.717) is 29.5 Å². The number of carbonyl (C=O) groups is 1. The van der Waals surface area contributed by atoms with Crippen LogP contribution in [0.5, 0.6) is 0 Å². The minimum atomic E-state index is -0.347. The number of hydrogen-bond acceptors (Lipinski definition) is 6. The number of nitrogens with zero attached hydrogens (tertiary/aromatic N) is 3. The van der Waals surface area contributed by atoms with Crippen LogP contribution in [0.25, 0.3) is 11.4 Å². The van der Waals surface area contributed by atoms with Gasteiger partial charge in [0.1, 0.15) is 0 Å². The van der Waals surface area contributed by atoms with Gasteiger partial charge in [0, 0.05) is 31.6 Å². The minimum absolute atomic E-state index is 0.347. The van der Waals surface area contributed by atoms with Crippen molar-refractivity contribution in [2.45, 2.75) is 23.9 Å². The Morgan fingerprint density at radius 1 is 1.14 bits per heavy atom. The van der Waals surface area contributed by atoms with E-state index in [0.717, 1.165) is 28.5 Å². The highest BCUT2D eigenvalue weighted by Crippen LogP contribution is 2.30. The van der Waals surface area contributed by atoms with Crippen LogP contribution in [0.1, 0.15) is 22.3 Å². The molecule has 0 amide bonds. The molecule has 152 valence electrons. The molecule has 0 unspecified atom stereocenters. The second-order valence-corrected chi connectivity index (χ2v) is 7.61. The standard InChI is InChI=1S/C21H22ClN3O3S/c1-27-12-6-11-25-19(17-9-3-4-10-18(17)22)23-24-21(25)29-14-15-7-5-8-16(13-15)20(26)28-2/h3-5,7-10,13H,6,11-12,14H2,1-2H3. The lowest BCUT2D eigenvalue weighted by molar-refractivity contribution is 0.0600. The zero-order valence-corrected chi connectivity index (χ0v) is 17.9. The quantitative estimate of drug-likeness (QED) is 0.277. The Hall–Kier alpha value is -2.35. The van der Waals surface area contributed by atoms with Crippen LogP contribution in [-0.2, 0) is 21.8 Å². The molecule has 6 nitrogen and oxygen atoms in total. The minimum Gasteiger partial charge on any atom is -0.465 e. The molecule has 0 fully saturated rings. The van der Waals surface area contributed by atoms with Gasteiger partial charge in [-0.2, -0.15) is 0 Å². The van der Waals surface area contributed by atoms with Gasteiger partial charge >= 0.3 is 5.97 Å². The van der Waals surface area contributed by atoms with E-state index in [9.17, 15) is 4.79 Å². The van der Waals surface area contributed by atoms with Gasteiger partial charge in [0.2, 0.25) is 0 Å². The van der Waals surface area contributed by atoms with Crippen LogP contribution in [0.4, 0.5) is 0 Å². The van der Waals surface area contributed by atoms with E-state index in [-0.39, 0.29) is 5.97 Å². The van der Waals surface area contributed by atoms with Crippen molar-refractivity contribution < 1.29 is 14.3 Å². The van der Waals surface area contributed by atoms with Crippen molar-refractivity contribution in [2.24, 2.45) is 0 Å². The van der Waals surface area contributed by atoms with Crippen molar-refractivity contribution in [3.63, 3.8) is 0 Å². The number of esters is 1. The molecule has 0 spiro atoms. The average molecular weight is 432 g/mol. The van der Waals surface area contributed by atoms with Gasteiger partial charge in [0.15, 0.2) is 11.0 Å². The summed E-state index contributed by atoms with van der Waals surface area (Å²) in [5.74, 6) is 1.04. The molecule has 0 aliphatic rings. The van der Waals surface area contributed by atoms with Gasteiger partial charge in [-0.1, -0.05) is 47.6 Å². The summed E-state index contributed by atoms with van der Waals surface area (Å²) in [6.45, 7) is 1.36. The van der Waals surface area contributed by atoms with Gasteiger partial charge in [-0.05, 0) is 36.2 Å². The Labute approximate surface area is 179 Å². The van der Waals surface area contributed by atoms with Crippen LogP contribution >= 0.6 is 23.4 Å². The predicted molar refractivity (Wildman–Crippen MR) is 114 cm³/mol. The summed E-state index contributed by atoms with van der Waals surface area (Å²) < 4.78 is 12.1. The molecule has 0 radical (unpaired) electrons. The normalized spacial score (nSPS) is 10.9. The molecule has 29 heavy (non-hydrogen) atoms. The Morgan fingerprint density at radius 2 is 1.97 bits per heavy atom. The van der Waals surface area contributed by atoms with E-state index in [1.807, 2.05) is 42.5 Å². The summed E-state index contributed by atoms with van der Waals surface area (Å²) in [7, 11) is 3.06. The highest BCUT2D eigenvalue weighted by Gasteiger charge is 2.16. The maximum absolute atomic E-state index is 11.8. The number of benzene rings is 2. The maximum atomic E-state index is 11.8. The molecule has 8 heteroatoms. The van der Waals surface area contributed by atoms with Crippen LogP contribution in [0, 0.1) is 0 Å². The van der Waals surface area contributed by atoms with Gasteiger partial charge in [-0.3, -0.25) is 0 Å². The Balaban J connectivity index is 1.83. The van der Waals surface area contributed by atoms with Gasteiger partial charge in [-0.25, -0.2) is 4.79 Å². The lowest BCUT2D eigenvalue weighted by Crippen LogP contribution is -2.05. The highest BCUT2D eigenvalue weighted by atomic mass is 35.5. The maximum Gasteiger partial charge on any atom is 0.337 e. The zero-order chi connectivity index (χ0) is 20.6. The van der Waals surface area contributed by atoms with Gasteiger partial charge in [0.05, 0.1) is 17.7 Å². The first-order valence-electron chi connectivity index (χ1n) is 9.11. The second kappa shape index (κ2) is 10.4. The summed E-state index contributed by atoms with van der Waals surface area (Å²) in [5.41, 5.74) is 2.38. The molecule has 3 rings (SSSR count). The second-order valence-electron chi connectivity index (χ2n) is 6.26. The topological polar surface area (TPSA) is 66.2 Å². The Bertz CT molecular complexity index is 977. The lowest BCUT2D eigenvalue weighted by atomic mass is 10.1. The molecule has 1 heterocycles. The largest absolute Gasteiger partial charge is 0.465 e. The first-order chi connectivity index (χ1) is 14.1. The number of methoxy groups -OCH3 is 2. The van der Waals surface area contributed by atoms with E-state index < -0.39 is 0 Å². The number of rotatable bonds is 9. The monoisotopic (exact) mass is 431 g/mol. The number of ether oxygens (including phenoxy) is 2. The van der Waals surface area contributed by atoms with Crippen molar-refractivity contribution in [2.75, 3.05) is 20.8 Å². The third kappa shape index (κ3) is 5.38. The van der Waals surface area contributed by atoms with E-state index in [2.05, 4.69) is 14.8 Å². The number of halogens is 1. The van der Waals surface area contributed by atoms with E-state index in [4.69, 9.17) is 21.1 Å². The average Bonchev–Trinajstić information content (AvgIpc) is 3.15. The molecule has 0 N–H and O–H groups in total. The van der Waals surface area contributed by atoms with Crippen LogP contribution in [0.2, 0.25) is 5.02 Å². The van der Waals surface area contributed by atoms with Crippen LogP contribution in [0.3, 0.4) is 0 Å². The molecule has 0 aliphatic heterocycles. The fourth-order valence-electron chi connectivity index (χ4n) is 2.86. The zero-order valence-electron chi connectivity index (χ0n) is 16.3. The van der Waals surface area contributed by atoms with Crippen molar-refractivity contribution in [3.8, 4) is 11.4 Å². The number of hydrogen-bond donors (Lipinski definition) is 0. The molecule has 0 atom stereocenters. The van der Waals surface area contributed by atoms with Gasteiger partial charge in [-0.15, -0.1) is 10.2 Å². The molecule has 0 saturated heterocycles. The summed E-state index contributed by atoms with van der Waals surface area (Å²) in [4.78, 5) is 11.8. The summed E-state index contributed by atoms with van der Waals surface area (Å²) in [6, 6.07) is 15.0. The molecule has 1 aromatic heterocycles. The molecular weight excluding hydrogens is 410 g/mol. The number of aromatic nitrogens is 3. The predicted octanol–water partition coefficient (Wildman–Crippen LogP) is 4.71. The van der Waals surface area contributed by atoms with Crippen LogP contribution in [-0.4, -0.2) is 41.6 Å². The first kappa shape index (κ1) is 21.4. The third-order valence-corrected chi connectivity index (χ3v) is 5.65. The molecule has 2 aromatic carbocycles. The first-order valence-corrected chi connectivity index (χ1v) is 10.5. The van der Waals surface area contributed by atoms with Gasteiger partial charge < -0.3 is 14.0 Å². The molecular formula is C21H22ClN3O3S.